The van der Waals surface area contributed by atoms with E-state index in [0.717, 1.165) is 29.9 Å². The summed E-state index contributed by atoms with van der Waals surface area (Å²) >= 11 is 1.86. The van der Waals surface area contributed by atoms with Gasteiger partial charge in [0.25, 0.3) is 0 Å². The normalized spacial score (nSPS) is 9.75. The summed E-state index contributed by atoms with van der Waals surface area (Å²) in [4.78, 5) is 0. The maximum atomic E-state index is 2.32. The second-order valence-electron chi connectivity index (χ2n) is 1.69. The van der Waals surface area contributed by atoms with Crippen LogP contribution >= 0.6 is 0 Å². The van der Waals surface area contributed by atoms with Crippen LogP contribution in [0.4, 0.5) is 0 Å². The van der Waals surface area contributed by atoms with E-state index < -0.39 is 0 Å². The summed E-state index contributed by atoms with van der Waals surface area (Å²) in [6, 6.07) is 0. The van der Waals surface area contributed by atoms with Crippen molar-refractivity contribution in [2.75, 3.05) is 0 Å². The van der Waals surface area contributed by atoms with Crippen LogP contribution in [-0.2, 0) is 0 Å². The minimum atomic E-state index is 0.931. The van der Waals surface area contributed by atoms with Crippen LogP contribution in [0.2, 0.25) is 22.3 Å². The van der Waals surface area contributed by atoms with E-state index >= 15 is 0 Å². The number of hydrogen-bond acceptors (Lipinski definition) is 0. The molecule has 0 unspecified atom stereocenters. The monoisotopic (exact) mass is 246 g/mol. The molecule has 0 aliphatic rings. The summed E-state index contributed by atoms with van der Waals surface area (Å²) in [7, 11) is 0. The molecule has 0 bridgehead atoms. The van der Waals surface area contributed by atoms with Gasteiger partial charge in [-0.15, -0.1) is 0 Å². The second-order valence-corrected chi connectivity index (χ2v) is 5.83. The van der Waals surface area contributed by atoms with Gasteiger partial charge in [-0.3, -0.25) is 0 Å². The van der Waals surface area contributed by atoms with Gasteiger partial charge in [0, 0.05) is 0 Å². The predicted molar refractivity (Wildman–Crippen MR) is 42.1 cm³/mol. The summed E-state index contributed by atoms with van der Waals surface area (Å²) < 4.78 is 0. The predicted octanol–water partition coefficient (Wildman–Crippen LogP) is 2.11. The van der Waals surface area contributed by atoms with Crippen molar-refractivity contribution in [3.8, 4) is 0 Å². The van der Waals surface area contributed by atoms with Crippen molar-refractivity contribution in [1.29, 1.82) is 0 Å². The molecule has 0 aliphatic carbocycles. The van der Waals surface area contributed by atoms with Crippen molar-refractivity contribution < 1.29 is 0 Å². The van der Waals surface area contributed by atoms with Crippen LogP contribution < -0.4 is 0 Å². The first-order valence-corrected chi connectivity index (χ1v) is 8.74. The van der Waals surface area contributed by atoms with Crippen molar-refractivity contribution >= 4 is 29.9 Å². The first-order valence-electron chi connectivity index (χ1n) is 2.89. The Hall–Kier alpha value is 1.04. The first kappa shape index (κ1) is 9.04. The van der Waals surface area contributed by atoms with Crippen molar-refractivity contribution in [3.05, 3.63) is 0 Å². The average Bonchev–Trinajstić information content (AvgIpc) is 1.81. The van der Waals surface area contributed by atoms with Gasteiger partial charge in [0.15, 0.2) is 0 Å². The van der Waals surface area contributed by atoms with Crippen LogP contribution in [0.15, 0.2) is 0 Å². The molecule has 0 amide bonds. The molecule has 0 aromatic heterocycles. The molecule has 0 heterocycles. The topological polar surface area (TPSA) is 0 Å². The van der Waals surface area contributed by atoms with E-state index in [1.807, 2.05) is 0 Å². The molecule has 0 spiro atoms. The first-order chi connectivity index (χ1) is 3.91. The van der Waals surface area contributed by atoms with Gasteiger partial charge in [-0.25, -0.2) is 0 Å². The zero-order valence-corrected chi connectivity index (χ0v) is 9.07. The molecular weight excluding hydrogens is 230 g/mol. The summed E-state index contributed by atoms with van der Waals surface area (Å²) in [5, 5.41) is 3.01. The Morgan fingerprint density at radius 1 is 0.875 bits per heavy atom. The summed E-state index contributed by atoms with van der Waals surface area (Å²) in [5.74, 6) is 4.65. The van der Waals surface area contributed by atoms with Crippen LogP contribution in [0.25, 0.3) is 0 Å². The SMILES string of the molecule is C[Se]CCCC[Se]C. The zero-order valence-electron chi connectivity index (χ0n) is 5.64. The third-order valence-corrected chi connectivity index (χ3v) is 3.87. The Kier molecular flexibility index (Phi) is 9.08. The molecule has 0 fully saturated rings. The summed E-state index contributed by atoms with van der Waals surface area (Å²) in [6.45, 7) is 0. The van der Waals surface area contributed by atoms with E-state index in [2.05, 4.69) is 11.6 Å². The third kappa shape index (κ3) is 7.04. The molecule has 0 aromatic carbocycles. The summed E-state index contributed by atoms with van der Waals surface area (Å²) in [5.41, 5.74) is 0. The Balaban J connectivity index is 2.53. The van der Waals surface area contributed by atoms with Crippen LogP contribution in [0.3, 0.4) is 0 Å². The van der Waals surface area contributed by atoms with Gasteiger partial charge in [-0.05, 0) is 0 Å². The van der Waals surface area contributed by atoms with Crippen LogP contribution in [0.5, 0.6) is 0 Å². The fourth-order valence-electron chi connectivity index (χ4n) is 0.493. The molecule has 0 aromatic rings. The van der Waals surface area contributed by atoms with Crippen LogP contribution in [-0.4, -0.2) is 29.9 Å². The maximum absolute atomic E-state index is 2.32. The van der Waals surface area contributed by atoms with Crippen molar-refractivity contribution in [3.63, 3.8) is 0 Å². The van der Waals surface area contributed by atoms with E-state index in [9.17, 15) is 0 Å². The molecule has 0 atom stereocenters. The average molecular weight is 244 g/mol. The van der Waals surface area contributed by atoms with Crippen LogP contribution in [0.1, 0.15) is 12.8 Å². The Labute approximate surface area is 65.1 Å². The molecule has 0 aliphatic heterocycles. The Morgan fingerprint density at radius 3 is 1.50 bits per heavy atom. The van der Waals surface area contributed by atoms with Gasteiger partial charge in [-0.2, -0.15) is 0 Å². The molecule has 50 valence electrons. The molecule has 0 radical (unpaired) electrons. The number of unbranched alkanes of at least 4 members (excludes halogenated alkanes) is 1. The molecule has 8 heavy (non-hydrogen) atoms. The van der Waals surface area contributed by atoms with Gasteiger partial charge >= 0.3 is 65.0 Å². The Bertz CT molecular complexity index is 31.5. The van der Waals surface area contributed by atoms with Gasteiger partial charge < -0.3 is 0 Å². The van der Waals surface area contributed by atoms with Crippen molar-refractivity contribution in [1.82, 2.24) is 0 Å². The molecule has 0 rings (SSSR count). The van der Waals surface area contributed by atoms with Gasteiger partial charge in [0.05, 0.1) is 0 Å². The fraction of sp³-hybridized carbons (Fsp3) is 1.00. The van der Waals surface area contributed by atoms with Crippen LogP contribution in [0, 0.1) is 0 Å². The Morgan fingerprint density at radius 2 is 1.25 bits per heavy atom. The van der Waals surface area contributed by atoms with Crippen molar-refractivity contribution in [2.24, 2.45) is 0 Å². The van der Waals surface area contributed by atoms with E-state index in [1.54, 1.807) is 0 Å². The fourth-order valence-corrected chi connectivity index (χ4v) is 2.56. The van der Waals surface area contributed by atoms with Gasteiger partial charge in [0.2, 0.25) is 0 Å². The number of hydrogen-bond donors (Lipinski definition) is 0. The molecule has 0 saturated carbocycles. The second kappa shape index (κ2) is 8.04. The quantitative estimate of drug-likeness (QED) is 0.513. The van der Waals surface area contributed by atoms with Gasteiger partial charge in [0.1, 0.15) is 0 Å². The molecule has 0 N–H and O–H groups in total. The zero-order chi connectivity index (χ0) is 6.24. The van der Waals surface area contributed by atoms with E-state index in [1.165, 1.54) is 23.5 Å². The van der Waals surface area contributed by atoms with Crippen molar-refractivity contribution in [2.45, 2.75) is 35.1 Å². The molecule has 2 heteroatoms. The van der Waals surface area contributed by atoms with E-state index in [0.29, 0.717) is 0 Å². The van der Waals surface area contributed by atoms with E-state index in [-0.39, 0.29) is 0 Å². The van der Waals surface area contributed by atoms with E-state index in [4.69, 9.17) is 0 Å². The third-order valence-electron chi connectivity index (χ3n) is 0.947. The van der Waals surface area contributed by atoms with Gasteiger partial charge in [-0.1, -0.05) is 0 Å². The standard InChI is InChI=1S/C6H14Se2/c1-7-5-3-4-6-8-2/h3-6H2,1-2H3. The number of rotatable bonds is 5. The minimum absolute atomic E-state index is 0.931. The summed E-state index contributed by atoms with van der Waals surface area (Å²) in [6.07, 6.45) is 2.98. The molecule has 0 saturated heterocycles. The molecule has 0 nitrogen and oxygen atoms in total. The molecular formula is C6H14Se2.